The molecule has 1 fully saturated rings. The molecule has 3 unspecified atom stereocenters. The van der Waals surface area contributed by atoms with Crippen LogP contribution in [0.5, 0.6) is 0 Å². The Bertz CT molecular complexity index is 207. The highest BCUT2D eigenvalue weighted by Gasteiger charge is 2.60. The molecule has 0 heterocycles. The van der Waals surface area contributed by atoms with Crippen molar-refractivity contribution in [3.05, 3.63) is 0 Å². The van der Waals surface area contributed by atoms with Crippen LogP contribution >= 0.6 is 0 Å². The topological polar surface area (TPSA) is 0 Å². The first kappa shape index (κ1) is 11.9. The second-order valence-electron chi connectivity index (χ2n) is 5.30. The van der Waals surface area contributed by atoms with Crippen LogP contribution in [0.2, 0.25) is 0 Å². The van der Waals surface area contributed by atoms with Gasteiger partial charge >= 0.3 is 6.18 Å². The SMILES string of the molecule is CC(C)CC1CC1(C)C(C)C(F)(F)F. The van der Waals surface area contributed by atoms with Crippen LogP contribution in [-0.4, -0.2) is 6.18 Å². The van der Waals surface area contributed by atoms with E-state index in [-0.39, 0.29) is 5.92 Å². The van der Waals surface area contributed by atoms with Crippen LogP contribution in [0.1, 0.15) is 40.5 Å². The molecule has 0 spiro atoms. The third-order valence-corrected chi connectivity index (χ3v) is 3.69. The molecule has 0 saturated heterocycles. The normalized spacial score (nSPS) is 34.7. The van der Waals surface area contributed by atoms with Crippen LogP contribution in [-0.2, 0) is 0 Å². The Morgan fingerprint density at radius 1 is 1.29 bits per heavy atom. The molecule has 0 nitrogen and oxygen atoms in total. The van der Waals surface area contributed by atoms with E-state index in [2.05, 4.69) is 13.8 Å². The van der Waals surface area contributed by atoms with Crippen molar-refractivity contribution < 1.29 is 13.2 Å². The zero-order valence-corrected chi connectivity index (χ0v) is 9.28. The summed E-state index contributed by atoms with van der Waals surface area (Å²) in [7, 11) is 0. The second kappa shape index (κ2) is 3.42. The minimum absolute atomic E-state index is 0.277. The largest absolute Gasteiger partial charge is 0.392 e. The minimum atomic E-state index is -4.03. The van der Waals surface area contributed by atoms with Gasteiger partial charge in [0.05, 0.1) is 5.92 Å². The Morgan fingerprint density at radius 3 is 2.14 bits per heavy atom. The summed E-state index contributed by atoms with van der Waals surface area (Å²) in [6, 6.07) is 0. The average Bonchev–Trinajstić information content (AvgIpc) is 2.58. The Morgan fingerprint density at radius 2 is 1.79 bits per heavy atom. The van der Waals surface area contributed by atoms with Crippen molar-refractivity contribution in [3.8, 4) is 0 Å². The van der Waals surface area contributed by atoms with Crippen molar-refractivity contribution in [1.29, 1.82) is 0 Å². The minimum Gasteiger partial charge on any atom is -0.171 e. The second-order valence-corrected chi connectivity index (χ2v) is 5.30. The molecule has 0 amide bonds. The zero-order chi connectivity index (χ0) is 11.1. The van der Waals surface area contributed by atoms with E-state index in [0.29, 0.717) is 5.92 Å². The van der Waals surface area contributed by atoms with Gasteiger partial charge in [0.2, 0.25) is 0 Å². The van der Waals surface area contributed by atoms with Crippen molar-refractivity contribution in [2.45, 2.75) is 46.7 Å². The first-order chi connectivity index (χ1) is 6.18. The number of alkyl halides is 3. The molecular formula is C11H19F3. The fourth-order valence-corrected chi connectivity index (χ4v) is 2.30. The molecule has 3 heteroatoms. The number of rotatable bonds is 3. The molecule has 1 aliphatic carbocycles. The summed E-state index contributed by atoms with van der Waals surface area (Å²) in [5.41, 5.74) is -0.484. The van der Waals surface area contributed by atoms with E-state index in [1.165, 1.54) is 6.92 Å². The number of hydrogen-bond acceptors (Lipinski definition) is 0. The van der Waals surface area contributed by atoms with Crippen molar-refractivity contribution in [2.24, 2.45) is 23.2 Å². The Kier molecular flexibility index (Phi) is 2.90. The molecule has 0 N–H and O–H groups in total. The van der Waals surface area contributed by atoms with Crippen LogP contribution in [0.3, 0.4) is 0 Å². The van der Waals surface area contributed by atoms with E-state index in [9.17, 15) is 13.2 Å². The lowest BCUT2D eigenvalue weighted by atomic mass is 9.87. The average molecular weight is 208 g/mol. The van der Waals surface area contributed by atoms with Gasteiger partial charge in [-0.1, -0.05) is 27.7 Å². The summed E-state index contributed by atoms with van der Waals surface area (Å²) >= 11 is 0. The highest BCUT2D eigenvalue weighted by atomic mass is 19.4. The predicted molar refractivity (Wildman–Crippen MR) is 50.9 cm³/mol. The lowest BCUT2D eigenvalue weighted by Gasteiger charge is -2.23. The monoisotopic (exact) mass is 208 g/mol. The molecule has 14 heavy (non-hydrogen) atoms. The summed E-state index contributed by atoms with van der Waals surface area (Å²) in [6.07, 6.45) is -2.36. The zero-order valence-electron chi connectivity index (χ0n) is 9.28. The Hall–Kier alpha value is -0.210. The van der Waals surface area contributed by atoms with Crippen LogP contribution in [0.25, 0.3) is 0 Å². The summed E-state index contributed by atoms with van der Waals surface area (Å²) in [5.74, 6) is -0.375. The van der Waals surface area contributed by atoms with Crippen LogP contribution < -0.4 is 0 Å². The molecule has 1 rings (SSSR count). The van der Waals surface area contributed by atoms with Gasteiger partial charge in [0.25, 0.3) is 0 Å². The van der Waals surface area contributed by atoms with Gasteiger partial charge in [-0.2, -0.15) is 13.2 Å². The van der Waals surface area contributed by atoms with Gasteiger partial charge in [-0.25, -0.2) is 0 Å². The molecule has 3 atom stereocenters. The van der Waals surface area contributed by atoms with E-state index >= 15 is 0 Å². The maximum absolute atomic E-state index is 12.5. The van der Waals surface area contributed by atoms with Crippen LogP contribution in [0, 0.1) is 23.2 Å². The quantitative estimate of drug-likeness (QED) is 0.650. The molecule has 1 aliphatic rings. The Balaban J connectivity index is 2.55. The molecule has 0 aliphatic heterocycles. The number of hydrogen-bond donors (Lipinski definition) is 0. The number of halogens is 3. The van der Waals surface area contributed by atoms with Gasteiger partial charge in [-0.3, -0.25) is 0 Å². The third-order valence-electron chi connectivity index (χ3n) is 3.69. The van der Waals surface area contributed by atoms with Gasteiger partial charge in [-0.05, 0) is 30.1 Å². The fourth-order valence-electron chi connectivity index (χ4n) is 2.30. The highest BCUT2D eigenvalue weighted by Crippen LogP contribution is 2.63. The lowest BCUT2D eigenvalue weighted by Crippen LogP contribution is -2.28. The maximum Gasteiger partial charge on any atom is 0.392 e. The summed E-state index contributed by atoms with van der Waals surface area (Å²) < 4.78 is 37.5. The van der Waals surface area contributed by atoms with Gasteiger partial charge < -0.3 is 0 Å². The molecular weight excluding hydrogens is 189 g/mol. The molecule has 0 aromatic carbocycles. The predicted octanol–water partition coefficient (Wildman–Crippen LogP) is 4.26. The van der Waals surface area contributed by atoms with Crippen molar-refractivity contribution in [3.63, 3.8) is 0 Å². The van der Waals surface area contributed by atoms with Gasteiger partial charge in [0.15, 0.2) is 0 Å². The van der Waals surface area contributed by atoms with Gasteiger partial charge in [0.1, 0.15) is 0 Å². The van der Waals surface area contributed by atoms with E-state index in [0.717, 1.165) is 12.8 Å². The molecule has 0 aromatic heterocycles. The van der Waals surface area contributed by atoms with Gasteiger partial charge in [0, 0.05) is 0 Å². The van der Waals surface area contributed by atoms with Crippen LogP contribution in [0.15, 0.2) is 0 Å². The lowest BCUT2D eigenvalue weighted by molar-refractivity contribution is -0.187. The molecule has 0 bridgehead atoms. The van der Waals surface area contributed by atoms with E-state index in [1.807, 2.05) is 0 Å². The smallest absolute Gasteiger partial charge is 0.171 e. The van der Waals surface area contributed by atoms with Crippen molar-refractivity contribution in [2.75, 3.05) is 0 Å². The molecule has 0 aromatic rings. The molecule has 1 saturated carbocycles. The fraction of sp³-hybridized carbons (Fsp3) is 1.00. The third kappa shape index (κ3) is 2.23. The highest BCUT2D eigenvalue weighted by molar-refractivity contribution is 5.03. The first-order valence-electron chi connectivity index (χ1n) is 5.24. The maximum atomic E-state index is 12.5. The molecule has 84 valence electrons. The summed E-state index contributed by atoms with van der Waals surface area (Å²) in [5, 5.41) is 0. The van der Waals surface area contributed by atoms with Crippen LogP contribution in [0.4, 0.5) is 13.2 Å². The van der Waals surface area contributed by atoms with Gasteiger partial charge in [-0.15, -0.1) is 0 Å². The van der Waals surface area contributed by atoms with E-state index in [1.54, 1.807) is 6.92 Å². The Labute approximate surface area is 83.9 Å². The summed E-state index contributed by atoms with van der Waals surface area (Å²) in [4.78, 5) is 0. The summed E-state index contributed by atoms with van der Waals surface area (Å²) in [6.45, 7) is 7.23. The van der Waals surface area contributed by atoms with Crippen molar-refractivity contribution in [1.82, 2.24) is 0 Å². The van der Waals surface area contributed by atoms with E-state index in [4.69, 9.17) is 0 Å². The first-order valence-corrected chi connectivity index (χ1v) is 5.24. The molecule has 0 radical (unpaired) electrons. The van der Waals surface area contributed by atoms with E-state index < -0.39 is 17.5 Å². The van der Waals surface area contributed by atoms with Crippen molar-refractivity contribution >= 4 is 0 Å². The standard InChI is InChI=1S/C11H19F3/c1-7(2)5-9-6-10(9,4)8(3)11(12,13)14/h7-9H,5-6H2,1-4H3.